The molecule has 1 fully saturated rings. The number of carboxylic acids is 1. The highest BCUT2D eigenvalue weighted by molar-refractivity contribution is 5.88. The van der Waals surface area contributed by atoms with E-state index in [2.05, 4.69) is 15.4 Å². The molecular formula is C18H25N5O4. The Bertz CT molecular complexity index is 768. The number of aryl methyl sites for hydroxylation is 1. The first-order chi connectivity index (χ1) is 13.0. The minimum Gasteiger partial charge on any atom is -0.477 e. The van der Waals surface area contributed by atoms with Crippen LogP contribution in [-0.4, -0.2) is 57.5 Å². The van der Waals surface area contributed by atoms with E-state index in [0.717, 1.165) is 31.4 Å². The van der Waals surface area contributed by atoms with E-state index < -0.39 is 5.97 Å². The van der Waals surface area contributed by atoms with Crippen LogP contribution >= 0.6 is 0 Å². The first-order valence-corrected chi connectivity index (χ1v) is 9.34. The number of fused-ring (bicyclic) bond motifs is 1. The molecule has 3 rings (SSSR count). The first-order valence-electron chi connectivity index (χ1n) is 9.34. The van der Waals surface area contributed by atoms with Crippen molar-refractivity contribution in [3.8, 4) is 0 Å². The van der Waals surface area contributed by atoms with Crippen molar-refractivity contribution in [1.29, 1.82) is 0 Å². The van der Waals surface area contributed by atoms with Crippen LogP contribution in [0.15, 0.2) is 4.99 Å². The third kappa shape index (κ3) is 4.36. The Morgan fingerprint density at radius 3 is 2.89 bits per heavy atom. The van der Waals surface area contributed by atoms with E-state index >= 15 is 0 Å². The molecule has 1 aromatic rings. The number of nitrogens with one attached hydrogen (secondary N) is 1. The molecule has 1 aliphatic carbocycles. The van der Waals surface area contributed by atoms with Gasteiger partial charge in [0.25, 0.3) is 0 Å². The monoisotopic (exact) mass is 375 g/mol. The van der Waals surface area contributed by atoms with E-state index in [-0.39, 0.29) is 18.3 Å². The summed E-state index contributed by atoms with van der Waals surface area (Å²) in [7, 11) is 1.61. The molecule has 1 aliphatic heterocycles. The van der Waals surface area contributed by atoms with Crippen LogP contribution in [0, 0.1) is 11.8 Å². The number of hydrogen-bond donors (Lipinski definition) is 2. The summed E-state index contributed by atoms with van der Waals surface area (Å²) < 4.78 is 1.37. The Labute approximate surface area is 157 Å². The topological polar surface area (TPSA) is 117 Å². The van der Waals surface area contributed by atoms with E-state index in [9.17, 15) is 19.5 Å². The number of aromatic nitrogens is 2. The smallest absolute Gasteiger partial charge is 0.354 e. The van der Waals surface area contributed by atoms with Crippen molar-refractivity contribution in [2.45, 2.75) is 38.6 Å². The van der Waals surface area contributed by atoms with Crippen molar-refractivity contribution in [3.05, 3.63) is 17.0 Å². The molecular weight excluding hydrogens is 350 g/mol. The molecule has 2 atom stereocenters. The maximum absolute atomic E-state index is 12.6. The molecule has 0 bridgehead atoms. The highest BCUT2D eigenvalue weighted by atomic mass is 16.4. The van der Waals surface area contributed by atoms with E-state index in [1.165, 1.54) is 4.68 Å². The minimum atomic E-state index is -1.03. The third-order valence-corrected chi connectivity index (χ3v) is 5.53. The number of aromatic carboxylic acids is 1. The molecule has 146 valence electrons. The van der Waals surface area contributed by atoms with E-state index in [1.807, 2.05) is 0 Å². The molecule has 9 nitrogen and oxygen atoms in total. The summed E-state index contributed by atoms with van der Waals surface area (Å²) in [5, 5.41) is 16.6. The van der Waals surface area contributed by atoms with Gasteiger partial charge in [-0.15, -0.1) is 0 Å². The van der Waals surface area contributed by atoms with Gasteiger partial charge < -0.3 is 15.3 Å². The number of nitrogens with zero attached hydrogens (tertiary/aromatic N) is 4. The molecule has 2 amide bonds. The average molecular weight is 375 g/mol. The largest absolute Gasteiger partial charge is 0.477 e. The SMILES string of the molecule is Cn1nc2c(c1C(=O)O)CN(C(=O)NCC1CCCC(CN=C=O)C1)CC2. The summed E-state index contributed by atoms with van der Waals surface area (Å²) in [4.78, 5) is 39.6. The van der Waals surface area contributed by atoms with Gasteiger partial charge in [-0.1, -0.05) is 6.42 Å². The molecule has 1 saturated carbocycles. The van der Waals surface area contributed by atoms with Crippen LogP contribution in [0.2, 0.25) is 0 Å². The molecule has 9 heteroatoms. The number of aliphatic imine (C=N–C) groups is 1. The molecule has 0 saturated heterocycles. The molecule has 2 unspecified atom stereocenters. The Morgan fingerprint density at radius 2 is 2.15 bits per heavy atom. The standard InChI is InChI=1S/C18H25N5O4/c1-22-16(17(25)26)14-10-23(6-5-15(14)21-22)18(27)20-9-13-4-2-3-12(7-13)8-19-11-24/h12-13H,2-10H2,1H3,(H,20,27)(H,25,26). The van der Waals surface area contributed by atoms with Crippen molar-refractivity contribution >= 4 is 18.1 Å². The van der Waals surface area contributed by atoms with Gasteiger partial charge in [0.05, 0.1) is 18.8 Å². The van der Waals surface area contributed by atoms with Crippen LogP contribution in [0.1, 0.15) is 47.4 Å². The lowest BCUT2D eigenvalue weighted by molar-refractivity contribution is 0.0682. The number of isocyanates is 1. The van der Waals surface area contributed by atoms with Gasteiger partial charge in [-0.2, -0.15) is 5.10 Å². The molecule has 1 aromatic heterocycles. The lowest BCUT2D eigenvalue weighted by atomic mass is 9.81. The maximum Gasteiger partial charge on any atom is 0.354 e. The Hall–Kier alpha value is -2.67. The van der Waals surface area contributed by atoms with Crippen LogP contribution in [-0.2, 0) is 24.8 Å². The summed E-state index contributed by atoms with van der Waals surface area (Å²) in [5.74, 6) is -0.268. The molecule has 2 heterocycles. The maximum atomic E-state index is 12.6. The molecule has 27 heavy (non-hydrogen) atoms. The van der Waals surface area contributed by atoms with Crippen molar-refractivity contribution in [2.24, 2.45) is 23.9 Å². The molecule has 0 aromatic carbocycles. The summed E-state index contributed by atoms with van der Waals surface area (Å²) in [6.45, 7) is 1.89. The average Bonchev–Trinajstić information content (AvgIpc) is 2.99. The van der Waals surface area contributed by atoms with Gasteiger partial charge in [0.1, 0.15) is 0 Å². The Kier molecular flexibility index (Phi) is 5.91. The molecule has 0 radical (unpaired) electrons. The fourth-order valence-corrected chi connectivity index (χ4v) is 4.21. The summed E-state index contributed by atoms with van der Waals surface area (Å²) in [6.07, 6.45) is 6.28. The van der Waals surface area contributed by atoms with Gasteiger partial charge in [-0.25, -0.2) is 19.4 Å². The predicted octanol–water partition coefficient (Wildman–Crippen LogP) is 1.33. The Morgan fingerprint density at radius 1 is 1.37 bits per heavy atom. The van der Waals surface area contributed by atoms with Crippen LogP contribution in [0.4, 0.5) is 4.79 Å². The molecule has 0 spiro atoms. The van der Waals surface area contributed by atoms with Gasteiger partial charge in [-0.3, -0.25) is 4.68 Å². The van der Waals surface area contributed by atoms with Gasteiger partial charge in [-0.05, 0) is 31.1 Å². The van der Waals surface area contributed by atoms with Crippen LogP contribution in [0.3, 0.4) is 0 Å². The number of carbonyl (C=O) groups is 2. The normalized spacial score (nSPS) is 21.9. The lowest BCUT2D eigenvalue weighted by Crippen LogP contribution is -2.44. The number of carbonyl (C=O) groups excluding carboxylic acids is 2. The second-order valence-corrected chi connectivity index (χ2v) is 7.39. The van der Waals surface area contributed by atoms with Crippen molar-refractivity contribution in [3.63, 3.8) is 0 Å². The highest BCUT2D eigenvalue weighted by Crippen LogP contribution is 2.29. The van der Waals surface area contributed by atoms with Crippen molar-refractivity contribution in [2.75, 3.05) is 19.6 Å². The Balaban J connectivity index is 1.55. The van der Waals surface area contributed by atoms with Gasteiger partial charge in [0, 0.05) is 32.1 Å². The van der Waals surface area contributed by atoms with Crippen molar-refractivity contribution in [1.82, 2.24) is 20.0 Å². The predicted molar refractivity (Wildman–Crippen MR) is 96.1 cm³/mol. The van der Waals surface area contributed by atoms with Crippen molar-refractivity contribution < 1.29 is 19.5 Å². The number of rotatable bonds is 5. The van der Waals surface area contributed by atoms with Gasteiger partial charge >= 0.3 is 12.0 Å². The van der Waals surface area contributed by atoms with E-state index in [0.29, 0.717) is 43.5 Å². The van der Waals surface area contributed by atoms with Crippen LogP contribution < -0.4 is 5.32 Å². The minimum absolute atomic E-state index is 0.147. The number of hydrogen-bond acceptors (Lipinski definition) is 5. The fourth-order valence-electron chi connectivity index (χ4n) is 4.21. The highest BCUT2D eigenvalue weighted by Gasteiger charge is 2.30. The fraction of sp³-hybridized carbons (Fsp3) is 0.667. The number of carboxylic acid groups (broad SMARTS) is 1. The van der Waals surface area contributed by atoms with Crippen LogP contribution in [0.25, 0.3) is 0 Å². The second kappa shape index (κ2) is 8.35. The zero-order valence-electron chi connectivity index (χ0n) is 15.5. The second-order valence-electron chi connectivity index (χ2n) is 7.39. The molecule has 2 aliphatic rings. The quantitative estimate of drug-likeness (QED) is 0.595. The number of amides is 2. The van der Waals surface area contributed by atoms with E-state index in [1.54, 1.807) is 18.0 Å². The first kappa shape index (κ1) is 19.1. The molecule has 2 N–H and O–H groups in total. The van der Waals surface area contributed by atoms with Gasteiger partial charge in [0.2, 0.25) is 6.08 Å². The number of urea groups is 1. The zero-order chi connectivity index (χ0) is 19.4. The van der Waals surface area contributed by atoms with Crippen LogP contribution in [0.5, 0.6) is 0 Å². The zero-order valence-corrected chi connectivity index (χ0v) is 15.5. The third-order valence-electron chi connectivity index (χ3n) is 5.53. The summed E-state index contributed by atoms with van der Waals surface area (Å²) >= 11 is 0. The lowest BCUT2D eigenvalue weighted by Gasteiger charge is -2.30. The van der Waals surface area contributed by atoms with E-state index in [4.69, 9.17) is 0 Å². The summed E-state index contributed by atoms with van der Waals surface area (Å²) in [5.41, 5.74) is 1.52. The summed E-state index contributed by atoms with van der Waals surface area (Å²) in [6, 6.07) is -0.172. The van der Waals surface area contributed by atoms with Gasteiger partial charge in [0.15, 0.2) is 5.69 Å².